The van der Waals surface area contributed by atoms with Crippen molar-refractivity contribution < 1.29 is 9.73 Å². The highest BCUT2D eigenvalue weighted by atomic mass is 16.5. The van der Waals surface area contributed by atoms with Gasteiger partial charge < -0.3 is 9.73 Å². The lowest BCUT2D eigenvalue weighted by Crippen LogP contribution is -2.01. The van der Waals surface area contributed by atoms with Crippen LogP contribution < -0.4 is 0 Å². The number of rotatable bonds is 3. The van der Waals surface area contributed by atoms with Crippen molar-refractivity contribution in [3.05, 3.63) is 24.0 Å². The van der Waals surface area contributed by atoms with Gasteiger partial charge in [0.15, 0.2) is 11.6 Å². The first kappa shape index (κ1) is 10.3. The normalized spacial score (nSPS) is 12.0. The third-order valence-corrected chi connectivity index (χ3v) is 1.97. The number of aryl methyl sites for hydroxylation is 1. The molecule has 0 aromatic carbocycles. The van der Waals surface area contributed by atoms with Crippen LogP contribution in [0.25, 0.3) is 5.82 Å². The van der Waals surface area contributed by atoms with E-state index in [4.69, 9.17) is 9.73 Å². The summed E-state index contributed by atoms with van der Waals surface area (Å²) < 4.78 is 6.44. The quantitative estimate of drug-likeness (QED) is 0.473. The molecular weight excluding hydrogens is 210 g/mol. The zero-order valence-electron chi connectivity index (χ0n) is 8.95. The van der Waals surface area contributed by atoms with Gasteiger partial charge in [0.2, 0.25) is 0 Å². The van der Waals surface area contributed by atoms with Crippen LogP contribution in [0.3, 0.4) is 0 Å². The second-order valence-corrected chi connectivity index (χ2v) is 3.41. The van der Waals surface area contributed by atoms with Crippen LogP contribution in [-0.2, 0) is 6.42 Å². The van der Waals surface area contributed by atoms with Crippen LogP contribution in [0.5, 0.6) is 0 Å². The van der Waals surface area contributed by atoms with Crippen LogP contribution >= 0.6 is 0 Å². The molecule has 1 N–H and O–H groups in total. The molecule has 7 nitrogen and oxygen atoms in total. The summed E-state index contributed by atoms with van der Waals surface area (Å²) in [7, 11) is 0. The average Bonchev–Trinajstić information content (AvgIpc) is 2.87. The van der Waals surface area contributed by atoms with E-state index < -0.39 is 0 Å². The van der Waals surface area contributed by atoms with E-state index in [9.17, 15) is 0 Å². The fourth-order valence-corrected chi connectivity index (χ4v) is 1.21. The standard InChI is InChI=1S/C9H11N5O2/c1-6(12-15)3-8-10-5-14(11-8)9-4-7(2)16-13-9/h4-5,15H,3H2,1-2H3/b12-6+. The predicted octanol–water partition coefficient (Wildman–Crippen LogP) is 0.956. The van der Waals surface area contributed by atoms with E-state index in [2.05, 4.69) is 20.4 Å². The van der Waals surface area contributed by atoms with Gasteiger partial charge in [0, 0.05) is 6.07 Å². The Morgan fingerprint density at radius 1 is 1.62 bits per heavy atom. The highest BCUT2D eigenvalue weighted by molar-refractivity contribution is 5.82. The van der Waals surface area contributed by atoms with Gasteiger partial charge in [0.25, 0.3) is 0 Å². The van der Waals surface area contributed by atoms with Crippen molar-refractivity contribution >= 4 is 5.71 Å². The zero-order valence-corrected chi connectivity index (χ0v) is 8.95. The minimum absolute atomic E-state index is 0.403. The highest BCUT2D eigenvalue weighted by Crippen LogP contribution is 2.06. The Morgan fingerprint density at radius 3 is 3.06 bits per heavy atom. The molecule has 7 heteroatoms. The van der Waals surface area contributed by atoms with Crippen molar-refractivity contribution in [3.8, 4) is 5.82 Å². The van der Waals surface area contributed by atoms with Gasteiger partial charge in [0.05, 0.1) is 12.1 Å². The zero-order chi connectivity index (χ0) is 11.5. The first-order valence-corrected chi connectivity index (χ1v) is 4.71. The fraction of sp³-hybridized carbons (Fsp3) is 0.333. The number of aromatic nitrogens is 4. The summed E-state index contributed by atoms with van der Waals surface area (Å²) >= 11 is 0. The molecule has 0 aliphatic heterocycles. The van der Waals surface area contributed by atoms with Gasteiger partial charge in [-0.3, -0.25) is 0 Å². The Bertz CT molecular complexity index is 513. The molecular formula is C9H11N5O2. The first-order valence-electron chi connectivity index (χ1n) is 4.71. The molecule has 0 bridgehead atoms. The number of nitrogens with zero attached hydrogens (tertiary/aromatic N) is 5. The van der Waals surface area contributed by atoms with Gasteiger partial charge >= 0.3 is 0 Å². The third kappa shape index (κ3) is 2.08. The van der Waals surface area contributed by atoms with Crippen molar-refractivity contribution in [3.63, 3.8) is 0 Å². The van der Waals surface area contributed by atoms with E-state index in [1.807, 2.05) is 0 Å². The third-order valence-electron chi connectivity index (χ3n) is 1.97. The molecule has 0 spiro atoms. The second-order valence-electron chi connectivity index (χ2n) is 3.41. The summed E-state index contributed by atoms with van der Waals surface area (Å²) in [6.45, 7) is 3.50. The molecule has 2 rings (SSSR count). The van der Waals surface area contributed by atoms with Gasteiger partial charge in [-0.05, 0) is 13.8 Å². The number of hydrogen-bond donors (Lipinski definition) is 1. The number of hydrogen-bond acceptors (Lipinski definition) is 6. The molecule has 16 heavy (non-hydrogen) atoms. The summed E-state index contributed by atoms with van der Waals surface area (Å²) in [6, 6.07) is 1.76. The SMILES string of the molecule is C/C(Cc1ncn(-c2cc(C)on2)n1)=N\O. The average molecular weight is 221 g/mol. The first-order chi connectivity index (χ1) is 7.69. The van der Waals surface area contributed by atoms with Crippen molar-refractivity contribution in [2.24, 2.45) is 5.16 Å². The maximum absolute atomic E-state index is 8.52. The smallest absolute Gasteiger partial charge is 0.198 e. The van der Waals surface area contributed by atoms with Crippen LogP contribution in [0.4, 0.5) is 0 Å². The minimum Gasteiger partial charge on any atom is -0.411 e. The van der Waals surface area contributed by atoms with Crippen molar-refractivity contribution in [2.45, 2.75) is 20.3 Å². The maximum atomic E-state index is 8.52. The molecule has 0 radical (unpaired) electrons. The largest absolute Gasteiger partial charge is 0.411 e. The van der Waals surface area contributed by atoms with E-state index in [0.29, 0.717) is 29.5 Å². The summed E-state index contributed by atoms with van der Waals surface area (Å²) in [5, 5.41) is 19.6. The highest BCUT2D eigenvalue weighted by Gasteiger charge is 2.07. The Kier molecular flexibility index (Phi) is 2.67. The molecule has 0 saturated carbocycles. The van der Waals surface area contributed by atoms with E-state index >= 15 is 0 Å². The van der Waals surface area contributed by atoms with Crippen molar-refractivity contribution in [1.29, 1.82) is 0 Å². The molecule has 0 aliphatic rings. The van der Waals surface area contributed by atoms with Gasteiger partial charge in [-0.2, -0.15) is 4.68 Å². The summed E-state index contributed by atoms with van der Waals surface area (Å²) in [5.74, 6) is 1.85. The molecule has 2 aromatic rings. The van der Waals surface area contributed by atoms with Gasteiger partial charge in [0.1, 0.15) is 12.1 Å². The van der Waals surface area contributed by atoms with Crippen LogP contribution in [0.15, 0.2) is 22.1 Å². The molecule has 2 aromatic heterocycles. The Morgan fingerprint density at radius 2 is 2.44 bits per heavy atom. The lowest BCUT2D eigenvalue weighted by Gasteiger charge is -1.92. The lowest BCUT2D eigenvalue weighted by molar-refractivity contribution is 0.317. The van der Waals surface area contributed by atoms with Gasteiger partial charge in [-0.15, -0.1) is 5.10 Å². The van der Waals surface area contributed by atoms with Gasteiger partial charge in [-0.25, -0.2) is 4.98 Å². The molecule has 0 unspecified atom stereocenters. The molecule has 0 fully saturated rings. The molecule has 0 saturated heterocycles. The topological polar surface area (TPSA) is 89.3 Å². The maximum Gasteiger partial charge on any atom is 0.198 e. The van der Waals surface area contributed by atoms with Crippen LogP contribution in [-0.4, -0.2) is 30.8 Å². The van der Waals surface area contributed by atoms with Crippen molar-refractivity contribution in [1.82, 2.24) is 19.9 Å². The van der Waals surface area contributed by atoms with Crippen LogP contribution in [0.1, 0.15) is 18.5 Å². The summed E-state index contributed by atoms with van der Waals surface area (Å²) in [5.41, 5.74) is 0.550. The fourth-order valence-electron chi connectivity index (χ4n) is 1.21. The molecule has 2 heterocycles. The Hall–Kier alpha value is -2.18. The van der Waals surface area contributed by atoms with Gasteiger partial charge in [-0.1, -0.05) is 10.3 Å². The lowest BCUT2D eigenvalue weighted by atomic mass is 10.3. The number of oxime groups is 1. The molecule has 0 atom stereocenters. The molecule has 0 amide bonds. The van der Waals surface area contributed by atoms with E-state index in [1.165, 1.54) is 11.0 Å². The Labute approximate surface area is 91.4 Å². The van der Waals surface area contributed by atoms with E-state index in [1.54, 1.807) is 19.9 Å². The monoisotopic (exact) mass is 221 g/mol. The van der Waals surface area contributed by atoms with Crippen LogP contribution in [0.2, 0.25) is 0 Å². The minimum atomic E-state index is 0.403. The molecule has 84 valence electrons. The summed E-state index contributed by atoms with van der Waals surface area (Å²) in [6.07, 6.45) is 1.94. The van der Waals surface area contributed by atoms with E-state index in [0.717, 1.165) is 0 Å². The summed E-state index contributed by atoms with van der Waals surface area (Å²) in [4.78, 5) is 4.07. The van der Waals surface area contributed by atoms with Crippen molar-refractivity contribution in [2.75, 3.05) is 0 Å². The molecule has 0 aliphatic carbocycles. The predicted molar refractivity (Wildman–Crippen MR) is 54.8 cm³/mol. The second kappa shape index (κ2) is 4.13. The van der Waals surface area contributed by atoms with E-state index in [-0.39, 0.29) is 0 Å². The van der Waals surface area contributed by atoms with Crippen LogP contribution in [0, 0.1) is 6.92 Å². The Balaban J connectivity index is 2.19.